The van der Waals surface area contributed by atoms with Crippen LogP contribution in [0.3, 0.4) is 0 Å². The molecule has 0 saturated heterocycles. The molecular formula is C11H14F2. The van der Waals surface area contributed by atoms with Crippen molar-refractivity contribution < 1.29 is 8.78 Å². The van der Waals surface area contributed by atoms with Crippen LogP contribution >= 0.6 is 0 Å². The number of halogens is 2. The molecule has 1 rings (SSSR count). The van der Waals surface area contributed by atoms with Crippen molar-refractivity contribution in [3.8, 4) is 0 Å². The predicted molar refractivity (Wildman–Crippen MR) is 49.8 cm³/mol. The van der Waals surface area contributed by atoms with Crippen molar-refractivity contribution in [2.45, 2.75) is 33.1 Å². The molecule has 0 aliphatic carbocycles. The SMILES string of the molecule is Cc1c(F)ccc(C(C)(C)C)c1F. The molecular weight excluding hydrogens is 170 g/mol. The minimum absolute atomic E-state index is 0.104. The Labute approximate surface area is 77.6 Å². The van der Waals surface area contributed by atoms with Crippen LogP contribution < -0.4 is 0 Å². The largest absolute Gasteiger partial charge is 0.207 e. The fraction of sp³-hybridized carbons (Fsp3) is 0.455. The lowest BCUT2D eigenvalue weighted by molar-refractivity contribution is 0.503. The fourth-order valence-electron chi connectivity index (χ4n) is 1.24. The van der Waals surface area contributed by atoms with E-state index in [4.69, 9.17) is 0 Å². The van der Waals surface area contributed by atoms with Crippen LogP contribution in [0.25, 0.3) is 0 Å². The van der Waals surface area contributed by atoms with Crippen molar-refractivity contribution in [2.24, 2.45) is 0 Å². The topological polar surface area (TPSA) is 0 Å². The van der Waals surface area contributed by atoms with Gasteiger partial charge < -0.3 is 0 Å². The smallest absolute Gasteiger partial charge is 0.132 e. The van der Waals surface area contributed by atoms with Gasteiger partial charge in [0.25, 0.3) is 0 Å². The molecule has 1 aromatic rings. The minimum Gasteiger partial charge on any atom is -0.207 e. The van der Waals surface area contributed by atoms with Gasteiger partial charge in [0.05, 0.1) is 0 Å². The average Bonchev–Trinajstić information content (AvgIpc) is 1.98. The molecule has 72 valence electrons. The van der Waals surface area contributed by atoms with Gasteiger partial charge in [-0.2, -0.15) is 0 Å². The molecule has 0 radical (unpaired) electrons. The lowest BCUT2D eigenvalue weighted by Crippen LogP contribution is -2.14. The molecule has 0 aliphatic rings. The highest BCUT2D eigenvalue weighted by atomic mass is 19.1. The van der Waals surface area contributed by atoms with E-state index in [1.807, 2.05) is 20.8 Å². The van der Waals surface area contributed by atoms with E-state index >= 15 is 0 Å². The van der Waals surface area contributed by atoms with Gasteiger partial charge in [-0.25, -0.2) is 8.78 Å². The van der Waals surface area contributed by atoms with E-state index in [-0.39, 0.29) is 11.0 Å². The summed E-state index contributed by atoms with van der Waals surface area (Å²) < 4.78 is 26.4. The number of benzene rings is 1. The zero-order chi connectivity index (χ0) is 10.2. The maximum atomic E-state index is 13.5. The molecule has 13 heavy (non-hydrogen) atoms. The quantitative estimate of drug-likeness (QED) is 0.578. The van der Waals surface area contributed by atoms with Crippen molar-refractivity contribution in [1.29, 1.82) is 0 Å². The Bertz CT molecular complexity index is 322. The van der Waals surface area contributed by atoms with E-state index in [0.717, 1.165) is 0 Å². The third kappa shape index (κ3) is 1.87. The fourth-order valence-corrected chi connectivity index (χ4v) is 1.24. The summed E-state index contributed by atoms with van der Waals surface area (Å²) in [6.45, 7) is 7.17. The maximum Gasteiger partial charge on any atom is 0.132 e. The van der Waals surface area contributed by atoms with Crippen molar-refractivity contribution in [1.82, 2.24) is 0 Å². The highest BCUT2D eigenvalue weighted by molar-refractivity contribution is 5.31. The van der Waals surface area contributed by atoms with Gasteiger partial charge in [-0.1, -0.05) is 26.8 Å². The third-order valence-corrected chi connectivity index (χ3v) is 2.13. The summed E-state index contributed by atoms with van der Waals surface area (Å²) >= 11 is 0. The second-order valence-electron chi connectivity index (χ2n) is 4.28. The van der Waals surface area contributed by atoms with E-state index in [1.165, 1.54) is 19.1 Å². The first-order chi connectivity index (χ1) is 5.84. The van der Waals surface area contributed by atoms with Crippen LogP contribution in [-0.2, 0) is 5.41 Å². The lowest BCUT2D eigenvalue weighted by atomic mass is 9.85. The number of hydrogen-bond donors (Lipinski definition) is 0. The molecule has 0 N–H and O–H groups in total. The Balaban J connectivity index is 3.35. The summed E-state index contributed by atoms with van der Waals surface area (Å²) in [5, 5.41) is 0. The summed E-state index contributed by atoms with van der Waals surface area (Å²) in [6, 6.07) is 2.83. The van der Waals surface area contributed by atoms with Crippen molar-refractivity contribution in [3.05, 3.63) is 34.9 Å². The standard InChI is InChI=1S/C11H14F2/c1-7-9(12)6-5-8(10(7)13)11(2,3)4/h5-6H,1-4H3. The average molecular weight is 184 g/mol. The highest BCUT2D eigenvalue weighted by Crippen LogP contribution is 2.27. The highest BCUT2D eigenvalue weighted by Gasteiger charge is 2.20. The number of rotatable bonds is 0. The van der Waals surface area contributed by atoms with Crippen molar-refractivity contribution >= 4 is 0 Å². The Morgan fingerprint density at radius 3 is 2.08 bits per heavy atom. The van der Waals surface area contributed by atoms with Gasteiger partial charge in [0, 0.05) is 5.56 Å². The monoisotopic (exact) mass is 184 g/mol. The van der Waals surface area contributed by atoms with Crippen LogP contribution in [0, 0.1) is 18.6 Å². The van der Waals surface area contributed by atoms with E-state index in [2.05, 4.69) is 0 Å². The van der Waals surface area contributed by atoms with Gasteiger partial charge in [0.15, 0.2) is 0 Å². The normalized spacial score (nSPS) is 11.8. The maximum absolute atomic E-state index is 13.5. The molecule has 0 spiro atoms. The van der Waals surface area contributed by atoms with Crippen LogP contribution in [0.4, 0.5) is 8.78 Å². The van der Waals surface area contributed by atoms with Crippen LogP contribution in [0.1, 0.15) is 31.9 Å². The first-order valence-electron chi connectivity index (χ1n) is 4.29. The first-order valence-corrected chi connectivity index (χ1v) is 4.29. The summed E-state index contributed by atoms with van der Waals surface area (Å²) in [4.78, 5) is 0. The zero-order valence-electron chi connectivity index (χ0n) is 8.41. The van der Waals surface area contributed by atoms with Gasteiger partial charge in [0.1, 0.15) is 11.6 Å². The van der Waals surface area contributed by atoms with Gasteiger partial charge in [0.2, 0.25) is 0 Å². The van der Waals surface area contributed by atoms with Gasteiger partial charge in [-0.3, -0.25) is 0 Å². The van der Waals surface area contributed by atoms with Crippen LogP contribution in [0.2, 0.25) is 0 Å². The Morgan fingerprint density at radius 1 is 1.08 bits per heavy atom. The molecule has 0 aliphatic heterocycles. The van der Waals surface area contributed by atoms with Crippen LogP contribution in [0.5, 0.6) is 0 Å². The van der Waals surface area contributed by atoms with Crippen LogP contribution in [0.15, 0.2) is 12.1 Å². The molecule has 0 bridgehead atoms. The Hall–Kier alpha value is -0.920. The molecule has 1 aromatic carbocycles. The van der Waals surface area contributed by atoms with Crippen molar-refractivity contribution in [2.75, 3.05) is 0 Å². The predicted octanol–water partition coefficient (Wildman–Crippen LogP) is 3.57. The van der Waals surface area contributed by atoms with Gasteiger partial charge in [-0.05, 0) is 24.0 Å². The second-order valence-corrected chi connectivity index (χ2v) is 4.28. The van der Waals surface area contributed by atoms with E-state index in [1.54, 1.807) is 0 Å². The zero-order valence-corrected chi connectivity index (χ0v) is 8.41. The number of hydrogen-bond acceptors (Lipinski definition) is 0. The van der Waals surface area contributed by atoms with E-state index in [0.29, 0.717) is 5.56 Å². The van der Waals surface area contributed by atoms with Gasteiger partial charge in [-0.15, -0.1) is 0 Å². The second kappa shape index (κ2) is 3.09. The third-order valence-electron chi connectivity index (χ3n) is 2.13. The molecule has 0 fully saturated rings. The Kier molecular flexibility index (Phi) is 2.42. The Morgan fingerprint density at radius 2 is 1.62 bits per heavy atom. The molecule has 0 unspecified atom stereocenters. The lowest BCUT2D eigenvalue weighted by Gasteiger charge is -2.20. The van der Waals surface area contributed by atoms with Gasteiger partial charge >= 0.3 is 0 Å². The first kappa shape index (κ1) is 10.2. The summed E-state index contributed by atoms with van der Waals surface area (Å²) in [5.74, 6) is -0.905. The molecule has 0 amide bonds. The molecule has 2 heteroatoms. The summed E-state index contributed by atoms with van der Waals surface area (Å²) in [7, 11) is 0. The molecule has 0 aromatic heterocycles. The van der Waals surface area contributed by atoms with E-state index in [9.17, 15) is 8.78 Å². The van der Waals surface area contributed by atoms with Crippen molar-refractivity contribution in [3.63, 3.8) is 0 Å². The molecule has 0 nitrogen and oxygen atoms in total. The van der Waals surface area contributed by atoms with Crippen LogP contribution in [-0.4, -0.2) is 0 Å². The van der Waals surface area contributed by atoms with E-state index < -0.39 is 11.6 Å². The molecule has 0 saturated carbocycles. The molecule has 0 atom stereocenters. The minimum atomic E-state index is -0.481. The summed E-state index contributed by atoms with van der Waals surface area (Å²) in [6.07, 6.45) is 0. The molecule has 0 heterocycles. The summed E-state index contributed by atoms with van der Waals surface area (Å²) in [5.41, 5.74) is 0.390.